The van der Waals surface area contributed by atoms with E-state index in [9.17, 15) is 9.59 Å². The second kappa shape index (κ2) is 9.88. The van der Waals surface area contributed by atoms with Crippen LogP contribution in [0.4, 0.5) is 0 Å². The maximum absolute atomic E-state index is 11.0. The van der Waals surface area contributed by atoms with Crippen molar-refractivity contribution in [1.82, 2.24) is 5.32 Å². The number of nitrogens with one attached hydrogen (secondary N) is 1. The Hall–Kier alpha value is -1.31. The van der Waals surface area contributed by atoms with Crippen molar-refractivity contribution in [3.63, 3.8) is 0 Å². The first-order valence-corrected chi connectivity index (χ1v) is 4.81. The number of hydrogen-bond donors (Lipinski definition) is 5. The molecule has 8 nitrogen and oxygen atoms in total. The fraction of sp³-hybridized carbons (Fsp3) is 0.625. The molecular formula is C8H18CuN6O2+2. The van der Waals surface area contributed by atoms with Gasteiger partial charge >= 0.3 is 17.1 Å². The topological polar surface area (TPSA) is 163 Å². The fourth-order valence-corrected chi connectivity index (χ4v) is 1.04. The Morgan fingerprint density at radius 1 is 1.24 bits per heavy atom. The monoisotopic (exact) mass is 293 g/mol. The molecule has 0 heterocycles. The van der Waals surface area contributed by atoms with E-state index in [2.05, 4.69) is 10.3 Å². The first-order valence-electron chi connectivity index (χ1n) is 4.81. The number of primary amides is 1. The largest absolute Gasteiger partial charge is 2.00 e. The average molecular weight is 294 g/mol. The van der Waals surface area contributed by atoms with Crippen LogP contribution in [0.15, 0.2) is 4.99 Å². The van der Waals surface area contributed by atoms with Crippen LogP contribution in [0.1, 0.15) is 12.8 Å². The van der Waals surface area contributed by atoms with Gasteiger partial charge in [-0.1, -0.05) is 0 Å². The van der Waals surface area contributed by atoms with Crippen LogP contribution in [0.3, 0.4) is 0 Å². The van der Waals surface area contributed by atoms with E-state index in [1.165, 1.54) is 0 Å². The zero-order chi connectivity index (χ0) is 12.6. The van der Waals surface area contributed by atoms with Crippen LogP contribution in [0.25, 0.3) is 0 Å². The number of hydrogen-bond acceptors (Lipinski definition) is 4. The summed E-state index contributed by atoms with van der Waals surface area (Å²) < 4.78 is 0. The van der Waals surface area contributed by atoms with Gasteiger partial charge in [-0.05, 0) is 12.8 Å². The molecule has 0 bridgehead atoms. The van der Waals surface area contributed by atoms with Gasteiger partial charge in [-0.25, -0.2) is 0 Å². The van der Waals surface area contributed by atoms with E-state index in [1.54, 1.807) is 0 Å². The summed E-state index contributed by atoms with van der Waals surface area (Å²) in [4.78, 5) is 25.7. The summed E-state index contributed by atoms with van der Waals surface area (Å²) in [5, 5.41) is 2.40. The summed E-state index contributed by atoms with van der Waals surface area (Å²) >= 11 is 0. The molecule has 0 aromatic rings. The van der Waals surface area contributed by atoms with Crippen LogP contribution in [0, 0.1) is 0 Å². The van der Waals surface area contributed by atoms with Gasteiger partial charge in [0.05, 0.1) is 6.54 Å². The van der Waals surface area contributed by atoms with E-state index in [-0.39, 0.29) is 29.6 Å². The van der Waals surface area contributed by atoms with Gasteiger partial charge < -0.3 is 28.3 Å². The van der Waals surface area contributed by atoms with Gasteiger partial charge in [-0.2, -0.15) is 0 Å². The molecule has 9 N–H and O–H groups in total. The van der Waals surface area contributed by atoms with Crippen LogP contribution in [0.2, 0.25) is 0 Å². The quantitative estimate of drug-likeness (QED) is 0.146. The molecule has 0 aliphatic rings. The third kappa shape index (κ3) is 9.61. The molecule has 0 aromatic heterocycles. The van der Waals surface area contributed by atoms with Crippen molar-refractivity contribution in [3.8, 4) is 0 Å². The Morgan fingerprint density at radius 3 is 2.24 bits per heavy atom. The maximum atomic E-state index is 11.0. The number of nitrogens with two attached hydrogens (primary N) is 4. The summed E-state index contributed by atoms with van der Waals surface area (Å²) in [6.45, 7) is 0.197. The molecule has 1 radical (unpaired) electrons. The third-order valence-electron chi connectivity index (χ3n) is 1.81. The van der Waals surface area contributed by atoms with Gasteiger partial charge in [0, 0.05) is 6.54 Å². The van der Waals surface area contributed by atoms with Gasteiger partial charge in [-0.15, -0.1) is 0 Å². The predicted octanol–water partition coefficient (Wildman–Crippen LogP) is -3.03. The van der Waals surface area contributed by atoms with Crippen molar-refractivity contribution in [2.45, 2.75) is 18.9 Å². The molecule has 17 heavy (non-hydrogen) atoms. The standard InChI is InChI=1S/C8H18N6O2.Cu/c9-4-6(15)14-5(7(10)16)2-1-3-13-8(11)12;/h5H,1-4,9H2,(H2,10,16)(H,14,15)(H4,11,12,13);/q;+2. The number of carbonyl (C=O) groups excluding carboxylic acids is 2. The third-order valence-corrected chi connectivity index (χ3v) is 1.81. The normalized spacial score (nSPS) is 10.9. The molecule has 0 spiro atoms. The fourth-order valence-electron chi connectivity index (χ4n) is 1.04. The molecule has 9 heteroatoms. The van der Waals surface area contributed by atoms with Gasteiger partial charge in [0.15, 0.2) is 5.96 Å². The minimum atomic E-state index is -0.731. The van der Waals surface area contributed by atoms with Crippen molar-refractivity contribution in [2.75, 3.05) is 13.1 Å². The maximum Gasteiger partial charge on any atom is 2.00 e. The minimum absolute atomic E-state index is 0. The molecule has 0 fully saturated rings. The van der Waals surface area contributed by atoms with Gasteiger partial charge in [-0.3, -0.25) is 14.6 Å². The summed E-state index contributed by atoms with van der Waals surface area (Å²) in [5.41, 5.74) is 20.4. The smallest absolute Gasteiger partial charge is 0.370 e. The van der Waals surface area contributed by atoms with E-state index in [4.69, 9.17) is 22.9 Å². The molecule has 1 atom stereocenters. The number of nitrogens with zero attached hydrogens (tertiary/aromatic N) is 1. The van der Waals surface area contributed by atoms with Crippen LogP contribution in [-0.2, 0) is 26.7 Å². The van der Waals surface area contributed by atoms with E-state index in [0.717, 1.165) is 0 Å². The number of rotatable bonds is 7. The molecule has 101 valence electrons. The van der Waals surface area contributed by atoms with E-state index in [0.29, 0.717) is 19.4 Å². The van der Waals surface area contributed by atoms with E-state index >= 15 is 0 Å². The van der Waals surface area contributed by atoms with Crippen molar-refractivity contribution in [1.29, 1.82) is 0 Å². The zero-order valence-electron chi connectivity index (χ0n) is 9.28. The predicted molar refractivity (Wildman–Crippen MR) is 60.1 cm³/mol. The second-order valence-electron chi connectivity index (χ2n) is 3.18. The van der Waals surface area contributed by atoms with Crippen molar-refractivity contribution in [3.05, 3.63) is 0 Å². The van der Waals surface area contributed by atoms with Gasteiger partial charge in [0.25, 0.3) is 0 Å². The molecule has 0 saturated carbocycles. The van der Waals surface area contributed by atoms with Crippen molar-refractivity contribution in [2.24, 2.45) is 27.9 Å². The molecule has 2 amide bonds. The molecule has 0 rings (SSSR count). The molecule has 0 aromatic carbocycles. The summed E-state index contributed by atoms with van der Waals surface area (Å²) in [5.74, 6) is -1.04. The molecule has 1 unspecified atom stereocenters. The summed E-state index contributed by atoms with van der Waals surface area (Å²) in [6.07, 6.45) is 0.911. The first kappa shape index (κ1) is 18.1. The van der Waals surface area contributed by atoms with Crippen LogP contribution < -0.4 is 28.3 Å². The first-order chi connectivity index (χ1) is 7.47. The number of carbonyl (C=O) groups is 2. The molecular weight excluding hydrogens is 276 g/mol. The van der Waals surface area contributed by atoms with Crippen molar-refractivity contribution >= 4 is 17.8 Å². The second-order valence-corrected chi connectivity index (χ2v) is 3.18. The SMILES string of the molecule is NCC(=O)NC(CCCN=C(N)N)C(N)=O.[Cu+2]. The molecule has 0 aliphatic heterocycles. The van der Waals surface area contributed by atoms with E-state index < -0.39 is 17.9 Å². The Labute approximate surface area is 110 Å². The zero-order valence-corrected chi connectivity index (χ0v) is 10.2. The molecule has 0 aliphatic carbocycles. The van der Waals surface area contributed by atoms with Gasteiger partial charge in [0.2, 0.25) is 11.8 Å². The Kier molecular flexibility index (Phi) is 10.5. The molecule has 0 saturated heterocycles. The van der Waals surface area contributed by atoms with Gasteiger partial charge in [0.1, 0.15) is 6.04 Å². The Balaban J connectivity index is 0. The van der Waals surface area contributed by atoms with E-state index in [1.807, 2.05) is 0 Å². The van der Waals surface area contributed by atoms with Crippen LogP contribution >= 0.6 is 0 Å². The summed E-state index contributed by atoms with van der Waals surface area (Å²) in [7, 11) is 0. The summed E-state index contributed by atoms with van der Waals surface area (Å²) in [6, 6.07) is -0.731. The number of guanidine groups is 1. The minimum Gasteiger partial charge on any atom is -0.370 e. The van der Waals surface area contributed by atoms with Crippen LogP contribution in [-0.4, -0.2) is 36.9 Å². The van der Waals surface area contributed by atoms with Crippen molar-refractivity contribution < 1.29 is 26.7 Å². The number of aliphatic imine (C=N–C) groups is 1. The number of amides is 2. The average Bonchev–Trinajstić information content (AvgIpc) is 2.21. The Bertz CT molecular complexity index is 279. The van der Waals surface area contributed by atoms with Crippen LogP contribution in [0.5, 0.6) is 0 Å². The Morgan fingerprint density at radius 2 is 1.82 bits per heavy atom.